The van der Waals surface area contributed by atoms with Crippen molar-refractivity contribution in [3.05, 3.63) is 39.7 Å². The topological polar surface area (TPSA) is 44.5 Å². The van der Waals surface area contributed by atoms with E-state index in [9.17, 15) is 0 Å². The van der Waals surface area contributed by atoms with Crippen molar-refractivity contribution in [3.8, 4) is 0 Å². The summed E-state index contributed by atoms with van der Waals surface area (Å²) in [6, 6.07) is 9.93. The predicted octanol–water partition coefficient (Wildman–Crippen LogP) is 3.50. The van der Waals surface area contributed by atoms with Gasteiger partial charge in [0.15, 0.2) is 4.77 Å². The Morgan fingerprint density at radius 2 is 1.88 bits per heavy atom. The van der Waals surface area contributed by atoms with E-state index in [1.54, 1.807) is 0 Å². The lowest BCUT2D eigenvalue weighted by Crippen LogP contribution is -1.90. The van der Waals surface area contributed by atoms with Gasteiger partial charge >= 0.3 is 0 Å². The third kappa shape index (κ3) is 1.45. The Kier molecular flexibility index (Phi) is 2.08. The fourth-order valence-corrected chi connectivity index (χ4v) is 2.21. The molecule has 2 aromatic heterocycles. The number of aromatic amines is 2. The molecule has 2 N–H and O–H groups in total. The maximum atomic E-state index is 5.22. The average molecular weight is 245 g/mol. The lowest BCUT2D eigenvalue weighted by molar-refractivity contribution is 1.15. The van der Waals surface area contributed by atoms with Crippen LogP contribution >= 0.6 is 24.4 Å². The zero-order valence-corrected chi connectivity index (χ0v) is 9.78. The number of para-hydroxylation sites is 1. The van der Waals surface area contributed by atoms with Crippen LogP contribution in [-0.2, 0) is 0 Å². The molecule has 2 heterocycles. The number of nitrogens with one attached hydrogen (secondary N) is 2. The van der Waals surface area contributed by atoms with Crippen LogP contribution in [0.3, 0.4) is 0 Å². The van der Waals surface area contributed by atoms with Crippen LogP contribution < -0.4 is 0 Å². The van der Waals surface area contributed by atoms with Gasteiger partial charge in [0.25, 0.3) is 0 Å². The van der Waals surface area contributed by atoms with E-state index in [1.165, 1.54) is 0 Å². The monoisotopic (exact) mass is 245 g/mol. The van der Waals surface area contributed by atoms with Crippen LogP contribution in [0.5, 0.6) is 0 Å². The van der Waals surface area contributed by atoms with Crippen molar-refractivity contribution >= 4 is 46.4 Å². The molecule has 3 nitrogen and oxygen atoms in total. The molecule has 0 aliphatic rings. The molecule has 3 aromatic rings. The van der Waals surface area contributed by atoms with Gasteiger partial charge in [-0.05, 0) is 24.4 Å². The SMILES string of the molecule is S=c1[nH]c(=S)c2cc3ccccc3nc2[nH]1. The molecular formula is C11H7N3S2. The maximum absolute atomic E-state index is 5.22. The van der Waals surface area contributed by atoms with Gasteiger partial charge in [-0.1, -0.05) is 30.4 Å². The summed E-state index contributed by atoms with van der Waals surface area (Å²) in [6.45, 7) is 0. The van der Waals surface area contributed by atoms with Crippen molar-refractivity contribution in [1.29, 1.82) is 0 Å². The Labute approximate surface area is 101 Å². The molecule has 0 amide bonds. The highest BCUT2D eigenvalue weighted by atomic mass is 32.1. The molecule has 0 radical (unpaired) electrons. The third-order valence-electron chi connectivity index (χ3n) is 2.43. The zero-order chi connectivity index (χ0) is 11.1. The first-order chi connectivity index (χ1) is 7.74. The predicted molar refractivity (Wildman–Crippen MR) is 69.6 cm³/mol. The fourth-order valence-electron chi connectivity index (χ4n) is 1.69. The maximum Gasteiger partial charge on any atom is 0.177 e. The van der Waals surface area contributed by atoms with Crippen molar-refractivity contribution in [1.82, 2.24) is 15.0 Å². The molecule has 1 aromatic carbocycles. The lowest BCUT2D eigenvalue weighted by Gasteiger charge is -2.01. The molecule has 0 saturated heterocycles. The Bertz CT molecular complexity index is 801. The van der Waals surface area contributed by atoms with Gasteiger partial charge in [-0.3, -0.25) is 0 Å². The first-order valence-electron chi connectivity index (χ1n) is 4.76. The number of rotatable bonds is 0. The van der Waals surface area contributed by atoms with Crippen LogP contribution in [-0.4, -0.2) is 15.0 Å². The third-order valence-corrected chi connectivity index (χ3v) is 2.95. The summed E-state index contributed by atoms with van der Waals surface area (Å²) in [5, 5.41) is 1.96. The summed E-state index contributed by atoms with van der Waals surface area (Å²) in [4.78, 5) is 10.4. The summed E-state index contributed by atoms with van der Waals surface area (Å²) in [5.41, 5.74) is 1.66. The van der Waals surface area contributed by atoms with Crippen LogP contribution in [0.15, 0.2) is 30.3 Å². The van der Waals surface area contributed by atoms with Gasteiger partial charge in [0, 0.05) is 5.39 Å². The molecule has 0 aliphatic carbocycles. The van der Waals surface area contributed by atoms with E-state index in [0.717, 1.165) is 21.9 Å². The number of pyridine rings is 1. The van der Waals surface area contributed by atoms with Gasteiger partial charge in [0.2, 0.25) is 0 Å². The number of nitrogens with zero attached hydrogens (tertiary/aromatic N) is 1. The van der Waals surface area contributed by atoms with Crippen LogP contribution in [0.4, 0.5) is 0 Å². The van der Waals surface area contributed by atoms with Crippen molar-refractivity contribution in [2.24, 2.45) is 0 Å². The molecule has 0 fully saturated rings. The quantitative estimate of drug-likeness (QED) is 0.470. The molecule has 78 valence electrons. The second-order valence-corrected chi connectivity index (χ2v) is 4.30. The number of fused-ring (bicyclic) bond motifs is 2. The highest BCUT2D eigenvalue weighted by molar-refractivity contribution is 7.72. The first kappa shape index (κ1) is 9.62. The van der Waals surface area contributed by atoms with Crippen LogP contribution in [0.25, 0.3) is 21.9 Å². The van der Waals surface area contributed by atoms with E-state index in [2.05, 4.69) is 15.0 Å². The number of hydrogen-bond acceptors (Lipinski definition) is 3. The summed E-state index contributed by atoms with van der Waals surface area (Å²) in [5.74, 6) is 0. The number of aromatic nitrogens is 3. The van der Waals surface area contributed by atoms with Crippen molar-refractivity contribution in [3.63, 3.8) is 0 Å². The summed E-state index contributed by atoms with van der Waals surface area (Å²) in [6.07, 6.45) is 0. The zero-order valence-electron chi connectivity index (χ0n) is 8.15. The van der Waals surface area contributed by atoms with Crippen LogP contribution in [0, 0.1) is 9.41 Å². The Balaban J connectivity index is 2.61. The normalized spacial score (nSPS) is 11.0. The van der Waals surface area contributed by atoms with Crippen molar-refractivity contribution in [2.45, 2.75) is 0 Å². The van der Waals surface area contributed by atoms with Gasteiger partial charge in [-0.15, -0.1) is 0 Å². The molecule has 3 rings (SSSR count). The molecule has 0 spiro atoms. The largest absolute Gasteiger partial charge is 0.323 e. The highest BCUT2D eigenvalue weighted by Gasteiger charge is 2.00. The van der Waals surface area contributed by atoms with E-state index in [1.807, 2.05) is 30.3 Å². The second-order valence-electron chi connectivity index (χ2n) is 3.49. The smallest absolute Gasteiger partial charge is 0.177 e. The molecule has 0 atom stereocenters. The summed E-state index contributed by atoms with van der Waals surface area (Å²) in [7, 11) is 0. The molecule has 0 unspecified atom stereocenters. The minimum absolute atomic E-state index is 0.500. The first-order valence-corrected chi connectivity index (χ1v) is 5.58. The van der Waals surface area contributed by atoms with Crippen molar-refractivity contribution in [2.75, 3.05) is 0 Å². The summed E-state index contributed by atoms with van der Waals surface area (Å²) < 4.78 is 1.12. The molecule has 0 bridgehead atoms. The van der Waals surface area contributed by atoms with E-state index < -0.39 is 0 Å². The Morgan fingerprint density at radius 3 is 2.75 bits per heavy atom. The van der Waals surface area contributed by atoms with Gasteiger partial charge < -0.3 is 9.97 Å². The van der Waals surface area contributed by atoms with E-state index in [4.69, 9.17) is 24.4 Å². The minimum atomic E-state index is 0.500. The molecule has 0 aliphatic heterocycles. The van der Waals surface area contributed by atoms with Crippen LogP contribution in [0.2, 0.25) is 0 Å². The molecule has 16 heavy (non-hydrogen) atoms. The van der Waals surface area contributed by atoms with Gasteiger partial charge in [0.1, 0.15) is 10.3 Å². The van der Waals surface area contributed by atoms with Gasteiger partial charge in [-0.25, -0.2) is 4.98 Å². The van der Waals surface area contributed by atoms with Crippen molar-refractivity contribution < 1.29 is 0 Å². The summed E-state index contributed by atoms with van der Waals surface area (Å²) >= 11 is 10.3. The highest BCUT2D eigenvalue weighted by Crippen LogP contribution is 2.17. The second kappa shape index (κ2) is 3.47. The number of hydrogen-bond donors (Lipinski definition) is 2. The molecular weight excluding hydrogens is 238 g/mol. The fraction of sp³-hybridized carbons (Fsp3) is 0. The molecule has 0 saturated carbocycles. The average Bonchev–Trinajstić information content (AvgIpc) is 2.27. The molecule has 5 heteroatoms. The number of benzene rings is 1. The van der Waals surface area contributed by atoms with E-state index in [-0.39, 0.29) is 0 Å². The van der Waals surface area contributed by atoms with Gasteiger partial charge in [-0.2, -0.15) is 0 Å². The Hall–Kier alpha value is -1.59. The van der Waals surface area contributed by atoms with E-state index in [0.29, 0.717) is 9.41 Å². The van der Waals surface area contributed by atoms with E-state index >= 15 is 0 Å². The van der Waals surface area contributed by atoms with Crippen LogP contribution in [0.1, 0.15) is 0 Å². The standard InChI is InChI=1S/C11H7N3S2/c15-10-7-5-6-3-1-2-4-8(6)12-9(7)13-11(16)14-10/h1-5H,(H2,12,13,14,15,16). The minimum Gasteiger partial charge on any atom is -0.323 e. The lowest BCUT2D eigenvalue weighted by atomic mass is 10.2. The number of H-pyrrole nitrogens is 2. The van der Waals surface area contributed by atoms with Gasteiger partial charge in [0.05, 0.1) is 10.9 Å². The Morgan fingerprint density at radius 1 is 1.06 bits per heavy atom.